The van der Waals surface area contributed by atoms with Gasteiger partial charge in [0.15, 0.2) is 0 Å². The monoisotopic (exact) mass is 528 g/mol. The van der Waals surface area contributed by atoms with Crippen LogP contribution in [-0.4, -0.2) is 59.2 Å². The van der Waals surface area contributed by atoms with Crippen molar-refractivity contribution in [3.63, 3.8) is 0 Å². The van der Waals surface area contributed by atoms with Crippen LogP contribution < -0.4 is 5.32 Å². The van der Waals surface area contributed by atoms with Crippen molar-refractivity contribution >= 4 is 35.0 Å². The van der Waals surface area contributed by atoms with Gasteiger partial charge < -0.3 is 19.5 Å². The van der Waals surface area contributed by atoms with Crippen molar-refractivity contribution in [3.05, 3.63) is 69.5 Å². The maximum Gasteiger partial charge on any atom is 0.471 e. The van der Waals surface area contributed by atoms with Gasteiger partial charge in [-0.15, -0.1) is 0 Å². The van der Waals surface area contributed by atoms with Gasteiger partial charge in [0.05, 0.1) is 19.3 Å². The Hall–Kier alpha value is -3.15. The van der Waals surface area contributed by atoms with Gasteiger partial charge in [-0.25, -0.2) is 0 Å². The van der Waals surface area contributed by atoms with Crippen molar-refractivity contribution in [1.82, 2.24) is 20.4 Å². The van der Waals surface area contributed by atoms with Crippen LogP contribution in [0.5, 0.6) is 0 Å². The smallest absolute Gasteiger partial charge is 0.377 e. The molecule has 2 amide bonds. The molecule has 1 aliphatic rings. The van der Waals surface area contributed by atoms with Crippen molar-refractivity contribution in [2.24, 2.45) is 0 Å². The Kier molecular flexibility index (Phi) is 7.29. The molecule has 0 bridgehead atoms. The van der Waals surface area contributed by atoms with Crippen LogP contribution in [-0.2, 0) is 10.9 Å². The van der Waals surface area contributed by atoms with E-state index in [2.05, 4.69) is 20.0 Å². The van der Waals surface area contributed by atoms with Crippen molar-refractivity contribution in [2.45, 2.75) is 12.2 Å². The van der Waals surface area contributed by atoms with E-state index in [-0.39, 0.29) is 36.0 Å². The molecule has 13 heteroatoms. The summed E-state index contributed by atoms with van der Waals surface area (Å²) in [6, 6.07) is 9.77. The highest BCUT2D eigenvalue weighted by atomic mass is 35.5. The summed E-state index contributed by atoms with van der Waals surface area (Å²) in [5.41, 5.74) is 0.828. The Balaban J connectivity index is 1.40. The second-order valence-corrected chi connectivity index (χ2v) is 8.47. The molecule has 1 fully saturated rings. The Bertz CT molecular complexity index is 1210. The predicted octanol–water partition coefficient (Wildman–Crippen LogP) is 4.33. The number of halogens is 5. The lowest BCUT2D eigenvalue weighted by Crippen LogP contribution is -2.53. The molecule has 0 saturated carbocycles. The fraction of sp³-hybridized carbons (Fsp3) is 0.273. The first kappa shape index (κ1) is 25.0. The number of hydrogen-bond acceptors (Lipinski definition) is 6. The van der Waals surface area contributed by atoms with Gasteiger partial charge in [0.2, 0.25) is 5.82 Å². The summed E-state index contributed by atoms with van der Waals surface area (Å²) in [7, 11) is 0. The lowest BCUT2D eigenvalue weighted by Gasteiger charge is -2.35. The number of morpholine rings is 1. The number of nitrogens with zero attached hydrogens (tertiary/aromatic N) is 3. The van der Waals surface area contributed by atoms with Crippen molar-refractivity contribution in [3.8, 4) is 11.4 Å². The lowest BCUT2D eigenvalue weighted by molar-refractivity contribution is -0.159. The minimum absolute atomic E-state index is 0.112. The van der Waals surface area contributed by atoms with Crippen molar-refractivity contribution in [1.29, 1.82) is 0 Å². The maximum absolute atomic E-state index is 13.0. The lowest BCUT2D eigenvalue weighted by atomic mass is 10.1. The van der Waals surface area contributed by atoms with Crippen LogP contribution in [0.1, 0.15) is 26.6 Å². The first-order valence-electron chi connectivity index (χ1n) is 10.3. The van der Waals surface area contributed by atoms with Gasteiger partial charge in [-0.05, 0) is 30.3 Å². The Morgan fingerprint density at radius 3 is 2.40 bits per heavy atom. The van der Waals surface area contributed by atoms with Gasteiger partial charge in [-0.3, -0.25) is 9.59 Å². The van der Waals surface area contributed by atoms with Gasteiger partial charge in [0.1, 0.15) is 0 Å². The molecule has 1 aromatic heterocycles. The summed E-state index contributed by atoms with van der Waals surface area (Å²) < 4.78 is 47.6. The third kappa shape index (κ3) is 5.92. The van der Waals surface area contributed by atoms with Gasteiger partial charge >= 0.3 is 12.1 Å². The molecule has 0 aliphatic carbocycles. The van der Waals surface area contributed by atoms with E-state index in [1.807, 2.05) is 0 Å². The number of aromatic nitrogens is 2. The molecule has 184 valence electrons. The molecule has 1 aliphatic heterocycles. The highest BCUT2D eigenvalue weighted by molar-refractivity contribution is 6.35. The molecule has 2 aromatic carbocycles. The van der Waals surface area contributed by atoms with Gasteiger partial charge in [0.25, 0.3) is 11.8 Å². The summed E-state index contributed by atoms with van der Waals surface area (Å²) in [6.45, 7) is 1.000. The van der Waals surface area contributed by atoms with E-state index >= 15 is 0 Å². The zero-order valence-corrected chi connectivity index (χ0v) is 19.3. The largest absolute Gasteiger partial charge is 0.471 e. The SMILES string of the molecule is O=C(NC[C@H]1COCCN1C(=O)c1cc(Cl)cc(Cl)c1)c1ccc(-c2noc(C(F)(F)F)n2)cc1. The number of hydrogen-bond donors (Lipinski definition) is 1. The van der Waals surface area contributed by atoms with Gasteiger partial charge in [0, 0.05) is 39.8 Å². The van der Waals surface area contributed by atoms with E-state index in [1.165, 1.54) is 42.5 Å². The topological polar surface area (TPSA) is 97.6 Å². The molecule has 1 saturated heterocycles. The Morgan fingerprint density at radius 2 is 1.77 bits per heavy atom. The van der Waals surface area contributed by atoms with E-state index < -0.39 is 24.0 Å². The fourth-order valence-electron chi connectivity index (χ4n) is 3.47. The maximum atomic E-state index is 13.0. The summed E-state index contributed by atoms with van der Waals surface area (Å²) in [6.07, 6.45) is -4.75. The number of rotatable bonds is 5. The quantitative estimate of drug-likeness (QED) is 0.529. The Morgan fingerprint density at radius 1 is 1.09 bits per heavy atom. The second kappa shape index (κ2) is 10.2. The van der Waals surface area contributed by atoms with E-state index in [4.69, 9.17) is 27.9 Å². The highest BCUT2D eigenvalue weighted by Crippen LogP contribution is 2.29. The average molecular weight is 529 g/mol. The molecule has 0 radical (unpaired) electrons. The van der Waals surface area contributed by atoms with Crippen LogP contribution in [0.25, 0.3) is 11.4 Å². The minimum atomic E-state index is -4.75. The summed E-state index contributed by atoms with van der Waals surface area (Å²) in [5, 5.41) is 6.72. The van der Waals surface area contributed by atoms with E-state index in [0.717, 1.165) is 0 Å². The second-order valence-electron chi connectivity index (χ2n) is 7.59. The zero-order valence-electron chi connectivity index (χ0n) is 17.8. The number of ether oxygens (including phenoxy) is 1. The standard InChI is InChI=1S/C22H17Cl2F3N4O4/c23-15-7-14(8-16(24)9-15)20(33)31-5-6-34-11-17(31)10-28-19(32)13-3-1-12(2-4-13)18-29-21(35-30-18)22(25,26)27/h1-4,7-9,17H,5-6,10-11H2,(H,28,32)/t17-/m0/s1. The van der Waals surface area contributed by atoms with E-state index in [1.54, 1.807) is 4.90 Å². The number of benzene rings is 2. The molecular formula is C22H17Cl2F3N4O4. The minimum Gasteiger partial charge on any atom is -0.377 e. The summed E-state index contributed by atoms with van der Waals surface area (Å²) >= 11 is 12.0. The van der Waals surface area contributed by atoms with Crippen LogP contribution >= 0.6 is 23.2 Å². The van der Waals surface area contributed by atoms with Crippen LogP contribution in [0.4, 0.5) is 13.2 Å². The highest BCUT2D eigenvalue weighted by Gasteiger charge is 2.38. The van der Waals surface area contributed by atoms with Crippen molar-refractivity contribution in [2.75, 3.05) is 26.3 Å². The molecule has 2 heterocycles. The third-order valence-corrected chi connectivity index (χ3v) is 5.61. The number of carbonyl (C=O) groups excluding carboxylic acids is 2. The number of amides is 2. The first-order valence-corrected chi connectivity index (χ1v) is 11.0. The molecule has 3 aromatic rings. The average Bonchev–Trinajstić information content (AvgIpc) is 3.33. The number of carbonyl (C=O) groups is 2. The van der Waals surface area contributed by atoms with Crippen LogP contribution in [0.3, 0.4) is 0 Å². The first-order chi connectivity index (χ1) is 16.6. The molecular weight excluding hydrogens is 512 g/mol. The van der Waals surface area contributed by atoms with Crippen molar-refractivity contribution < 1.29 is 32.0 Å². The molecule has 0 unspecified atom stereocenters. The zero-order chi connectivity index (χ0) is 25.2. The third-order valence-electron chi connectivity index (χ3n) is 5.17. The molecule has 1 atom stereocenters. The number of alkyl halides is 3. The normalized spacial score (nSPS) is 16.3. The Labute approximate surface area is 206 Å². The van der Waals surface area contributed by atoms with Gasteiger partial charge in [-0.1, -0.05) is 40.5 Å². The molecule has 4 rings (SSSR count). The van der Waals surface area contributed by atoms with Crippen LogP contribution in [0, 0.1) is 0 Å². The van der Waals surface area contributed by atoms with Crippen LogP contribution in [0.15, 0.2) is 47.0 Å². The summed E-state index contributed by atoms with van der Waals surface area (Å²) in [5.74, 6) is -2.44. The fourth-order valence-corrected chi connectivity index (χ4v) is 4.00. The molecule has 1 N–H and O–H groups in total. The van der Waals surface area contributed by atoms with E-state index in [0.29, 0.717) is 28.8 Å². The number of nitrogens with one attached hydrogen (secondary N) is 1. The van der Waals surface area contributed by atoms with E-state index in [9.17, 15) is 22.8 Å². The predicted molar refractivity (Wildman–Crippen MR) is 119 cm³/mol. The van der Waals surface area contributed by atoms with Gasteiger partial charge in [-0.2, -0.15) is 18.2 Å². The van der Waals surface area contributed by atoms with Crippen LogP contribution in [0.2, 0.25) is 10.0 Å². The molecule has 35 heavy (non-hydrogen) atoms. The molecule has 0 spiro atoms. The molecule has 8 nitrogen and oxygen atoms in total. The summed E-state index contributed by atoms with van der Waals surface area (Å²) in [4.78, 5) is 30.5.